The highest BCUT2D eigenvalue weighted by molar-refractivity contribution is 7.13. The number of hydrogen-bond acceptors (Lipinski definition) is 6. The first-order chi connectivity index (χ1) is 15.1. The van der Waals surface area contributed by atoms with Gasteiger partial charge in [-0.25, -0.2) is 0 Å². The van der Waals surface area contributed by atoms with Gasteiger partial charge in [0, 0.05) is 5.92 Å². The van der Waals surface area contributed by atoms with Crippen LogP contribution in [0.4, 0.5) is 0 Å². The molecule has 1 aromatic carbocycles. The Morgan fingerprint density at radius 2 is 1.97 bits per heavy atom. The molecule has 4 rings (SSSR count). The molecule has 1 unspecified atom stereocenters. The summed E-state index contributed by atoms with van der Waals surface area (Å²) in [6.45, 7) is 6.74. The lowest BCUT2D eigenvalue weighted by Gasteiger charge is -2.31. The van der Waals surface area contributed by atoms with Gasteiger partial charge < -0.3 is 9.84 Å². The van der Waals surface area contributed by atoms with E-state index in [0.29, 0.717) is 24.2 Å². The minimum absolute atomic E-state index is 0.0546. The number of rotatable bonds is 8. The Hall–Kier alpha value is -2.51. The van der Waals surface area contributed by atoms with Crippen molar-refractivity contribution in [1.29, 1.82) is 0 Å². The summed E-state index contributed by atoms with van der Waals surface area (Å²) in [5, 5.41) is 9.41. The molecule has 0 radical (unpaired) electrons. The number of nitrogens with zero attached hydrogens (tertiary/aromatic N) is 3. The van der Waals surface area contributed by atoms with Crippen molar-refractivity contribution in [3.63, 3.8) is 0 Å². The van der Waals surface area contributed by atoms with Gasteiger partial charge in [-0.15, -0.1) is 11.3 Å². The average molecular weight is 439 g/mol. The van der Waals surface area contributed by atoms with Gasteiger partial charge >= 0.3 is 0 Å². The molecule has 3 aromatic rings. The minimum atomic E-state index is 0.0546. The van der Waals surface area contributed by atoms with Gasteiger partial charge in [-0.05, 0) is 55.3 Å². The van der Waals surface area contributed by atoms with Crippen molar-refractivity contribution in [3.05, 3.63) is 59.3 Å². The van der Waals surface area contributed by atoms with Crippen LogP contribution in [-0.4, -0.2) is 34.0 Å². The molecule has 0 aliphatic carbocycles. The second-order valence-electron chi connectivity index (χ2n) is 8.64. The molecule has 164 valence electrons. The Labute approximate surface area is 187 Å². The van der Waals surface area contributed by atoms with Gasteiger partial charge in [-0.2, -0.15) is 4.98 Å². The maximum atomic E-state index is 13.0. The zero-order valence-electron chi connectivity index (χ0n) is 18.2. The number of piperidine rings is 1. The number of carbonyl (C=O) groups is 1. The minimum Gasteiger partial charge on any atom is -0.349 e. The number of benzene rings is 1. The van der Waals surface area contributed by atoms with Crippen molar-refractivity contribution in [2.45, 2.75) is 45.7 Å². The molecule has 0 saturated carbocycles. The Balaban J connectivity index is 1.29. The molecule has 1 atom stereocenters. The molecule has 7 heteroatoms. The molecule has 2 aromatic heterocycles. The highest BCUT2D eigenvalue weighted by Crippen LogP contribution is 2.25. The molecule has 0 spiro atoms. The van der Waals surface area contributed by atoms with Gasteiger partial charge in [0.15, 0.2) is 0 Å². The number of amides is 1. The maximum Gasteiger partial charge on any atom is 0.241 e. The van der Waals surface area contributed by atoms with Crippen LogP contribution in [0.15, 0.2) is 52.4 Å². The van der Waals surface area contributed by atoms with Crippen LogP contribution in [0.2, 0.25) is 0 Å². The van der Waals surface area contributed by atoms with Gasteiger partial charge in [0.1, 0.15) is 0 Å². The van der Waals surface area contributed by atoms with Gasteiger partial charge in [-0.3, -0.25) is 9.69 Å². The SMILES string of the molecule is CC(C)CC(NC(=O)C1CCN(Cc2nc(-c3cccs3)no2)CC1)c1ccccc1. The molecule has 1 aliphatic heterocycles. The van der Waals surface area contributed by atoms with E-state index < -0.39 is 0 Å². The lowest BCUT2D eigenvalue weighted by atomic mass is 9.93. The van der Waals surface area contributed by atoms with Gasteiger partial charge in [0.05, 0.1) is 17.5 Å². The molecule has 1 saturated heterocycles. The van der Waals surface area contributed by atoms with Gasteiger partial charge in [-0.1, -0.05) is 55.4 Å². The number of likely N-dealkylation sites (tertiary alicyclic amines) is 1. The van der Waals surface area contributed by atoms with Crippen molar-refractivity contribution in [2.24, 2.45) is 11.8 Å². The van der Waals surface area contributed by atoms with Crippen molar-refractivity contribution in [1.82, 2.24) is 20.4 Å². The first kappa shape index (κ1) is 21.7. The second-order valence-corrected chi connectivity index (χ2v) is 9.59. The van der Waals surface area contributed by atoms with Crippen LogP contribution in [0.25, 0.3) is 10.7 Å². The first-order valence-corrected chi connectivity index (χ1v) is 11.9. The maximum absolute atomic E-state index is 13.0. The fourth-order valence-corrected chi connectivity index (χ4v) is 4.74. The van der Waals surface area contributed by atoms with Crippen LogP contribution in [0.3, 0.4) is 0 Å². The molecule has 1 fully saturated rings. The van der Waals surface area contributed by atoms with E-state index in [1.807, 2.05) is 35.7 Å². The fraction of sp³-hybridized carbons (Fsp3) is 0.458. The molecule has 0 bridgehead atoms. The lowest BCUT2D eigenvalue weighted by molar-refractivity contribution is -0.127. The van der Waals surface area contributed by atoms with Crippen molar-refractivity contribution in [2.75, 3.05) is 13.1 Å². The Morgan fingerprint density at radius 3 is 2.65 bits per heavy atom. The van der Waals surface area contributed by atoms with Gasteiger partial charge in [0.25, 0.3) is 0 Å². The third kappa shape index (κ3) is 5.80. The van der Waals surface area contributed by atoms with Crippen molar-refractivity contribution < 1.29 is 9.32 Å². The number of hydrogen-bond donors (Lipinski definition) is 1. The predicted molar refractivity (Wildman–Crippen MR) is 122 cm³/mol. The third-order valence-electron chi connectivity index (χ3n) is 5.75. The molecular weight excluding hydrogens is 408 g/mol. The fourth-order valence-electron chi connectivity index (χ4n) is 4.09. The first-order valence-electron chi connectivity index (χ1n) is 11.0. The molecule has 1 amide bonds. The Kier molecular flexibility index (Phi) is 7.14. The highest BCUT2D eigenvalue weighted by Gasteiger charge is 2.28. The topological polar surface area (TPSA) is 71.3 Å². The van der Waals surface area contributed by atoms with Crippen LogP contribution in [0.5, 0.6) is 0 Å². The normalized spacial score (nSPS) is 16.5. The lowest BCUT2D eigenvalue weighted by Crippen LogP contribution is -2.41. The molecule has 1 N–H and O–H groups in total. The molecule has 1 aliphatic rings. The van der Waals surface area contributed by atoms with Crippen LogP contribution in [0.1, 0.15) is 50.6 Å². The van der Waals surface area contributed by atoms with E-state index in [9.17, 15) is 4.79 Å². The van der Waals surface area contributed by atoms with Crippen LogP contribution in [-0.2, 0) is 11.3 Å². The quantitative estimate of drug-likeness (QED) is 0.541. The smallest absolute Gasteiger partial charge is 0.241 e. The summed E-state index contributed by atoms with van der Waals surface area (Å²) in [6.07, 6.45) is 2.64. The second kappa shape index (κ2) is 10.2. The summed E-state index contributed by atoms with van der Waals surface area (Å²) < 4.78 is 5.43. The van der Waals surface area contributed by atoms with E-state index in [4.69, 9.17) is 4.52 Å². The summed E-state index contributed by atoms with van der Waals surface area (Å²) in [6, 6.07) is 14.3. The number of aromatic nitrogens is 2. The van der Waals surface area contributed by atoms with Crippen LogP contribution in [0, 0.1) is 11.8 Å². The third-order valence-corrected chi connectivity index (χ3v) is 6.62. The average Bonchev–Trinajstić information content (AvgIpc) is 3.46. The van der Waals surface area contributed by atoms with E-state index >= 15 is 0 Å². The van der Waals surface area contributed by atoms with Crippen LogP contribution >= 0.6 is 11.3 Å². The molecule has 3 heterocycles. The summed E-state index contributed by atoms with van der Waals surface area (Å²) in [5.74, 6) is 2.02. The number of carbonyl (C=O) groups excluding carboxylic acids is 1. The van der Waals surface area contributed by atoms with Crippen LogP contribution < -0.4 is 5.32 Å². The Morgan fingerprint density at radius 1 is 1.19 bits per heavy atom. The predicted octanol–water partition coefficient (Wildman–Crippen LogP) is 4.91. The van der Waals surface area contributed by atoms with E-state index in [1.165, 1.54) is 5.56 Å². The number of nitrogens with one attached hydrogen (secondary N) is 1. The van der Waals surface area contributed by atoms with E-state index in [2.05, 4.69) is 46.3 Å². The number of thiophene rings is 1. The van der Waals surface area contributed by atoms with E-state index in [1.54, 1.807) is 11.3 Å². The van der Waals surface area contributed by atoms with Crippen molar-refractivity contribution >= 4 is 17.2 Å². The standard InChI is InChI=1S/C24H30N4O2S/c1-17(2)15-20(18-7-4-3-5-8-18)25-24(29)19-10-12-28(13-11-19)16-22-26-23(27-30-22)21-9-6-14-31-21/h3-9,14,17,19-20H,10-13,15-16H2,1-2H3,(H,25,29). The molecule has 31 heavy (non-hydrogen) atoms. The molecular formula is C24H30N4O2S. The molecule has 6 nitrogen and oxygen atoms in total. The van der Waals surface area contributed by atoms with Gasteiger partial charge in [0.2, 0.25) is 17.6 Å². The highest BCUT2D eigenvalue weighted by atomic mass is 32.1. The summed E-state index contributed by atoms with van der Waals surface area (Å²) in [7, 11) is 0. The van der Waals surface area contributed by atoms with Crippen molar-refractivity contribution in [3.8, 4) is 10.7 Å². The van der Waals surface area contributed by atoms with E-state index in [0.717, 1.165) is 37.2 Å². The monoisotopic (exact) mass is 438 g/mol. The Bertz CT molecular complexity index is 947. The van der Waals surface area contributed by atoms with E-state index in [-0.39, 0.29) is 17.9 Å². The summed E-state index contributed by atoms with van der Waals surface area (Å²) in [4.78, 5) is 20.8. The summed E-state index contributed by atoms with van der Waals surface area (Å²) in [5.41, 5.74) is 1.18. The zero-order valence-corrected chi connectivity index (χ0v) is 19.0. The largest absolute Gasteiger partial charge is 0.349 e. The summed E-state index contributed by atoms with van der Waals surface area (Å²) >= 11 is 1.60. The zero-order chi connectivity index (χ0) is 21.6.